The second-order valence-corrected chi connectivity index (χ2v) is 6.37. The van der Waals surface area contributed by atoms with Crippen LogP contribution in [0, 0.1) is 11.2 Å². The van der Waals surface area contributed by atoms with Gasteiger partial charge < -0.3 is 10.6 Å². The minimum atomic E-state index is -0.553. The molecule has 0 radical (unpaired) electrons. The largest absolute Gasteiger partial charge is 0.350 e. The third kappa shape index (κ3) is 4.56. The van der Waals surface area contributed by atoms with Crippen LogP contribution in [0.5, 0.6) is 0 Å². The summed E-state index contributed by atoms with van der Waals surface area (Å²) in [6, 6.07) is 4.19. The molecule has 0 saturated carbocycles. The van der Waals surface area contributed by atoms with Crippen LogP contribution in [0.15, 0.2) is 18.2 Å². The topological polar surface area (TPSA) is 41.1 Å². The first kappa shape index (κ1) is 18.2. The maximum absolute atomic E-state index is 13.6. The van der Waals surface area contributed by atoms with Gasteiger partial charge in [-0.25, -0.2) is 4.39 Å². The number of piperidine rings is 1. The van der Waals surface area contributed by atoms with Crippen molar-refractivity contribution in [2.75, 3.05) is 13.1 Å². The minimum Gasteiger partial charge on any atom is -0.350 e. The lowest BCUT2D eigenvalue weighted by atomic mass is 9.77. The van der Waals surface area contributed by atoms with E-state index < -0.39 is 11.7 Å². The molecule has 6 heteroatoms. The number of halogens is 3. The van der Waals surface area contributed by atoms with E-state index in [1.807, 2.05) is 0 Å². The van der Waals surface area contributed by atoms with Crippen LogP contribution in [0.25, 0.3) is 0 Å². The number of hydrogen-bond acceptors (Lipinski definition) is 2. The molecule has 0 aliphatic carbocycles. The Hall–Kier alpha value is -0.840. The fourth-order valence-electron chi connectivity index (χ4n) is 2.58. The van der Waals surface area contributed by atoms with E-state index in [0.29, 0.717) is 11.6 Å². The summed E-state index contributed by atoms with van der Waals surface area (Å²) >= 11 is 5.80. The third-order valence-corrected chi connectivity index (χ3v) is 4.21. The molecule has 3 nitrogen and oxygen atoms in total. The summed E-state index contributed by atoms with van der Waals surface area (Å²) in [6.07, 6.45) is 2.26. The number of carbonyl (C=O) groups excluding carboxylic acids is 1. The Morgan fingerprint density at radius 3 is 2.90 bits per heavy atom. The van der Waals surface area contributed by atoms with Crippen LogP contribution in [0.1, 0.15) is 37.0 Å². The van der Waals surface area contributed by atoms with E-state index in [1.165, 1.54) is 18.2 Å². The standard InChI is InChI=1S/C15H20ClFN2O.ClH/c1-15(2)6-3-7-18-13(15)9-19-14(20)11-8-10(16)4-5-12(11)17;/h4-5,8,13,18H,3,6-7,9H2,1-2H3,(H,19,20);1H. The molecule has 2 N–H and O–H groups in total. The molecule has 1 aliphatic heterocycles. The average Bonchev–Trinajstić information content (AvgIpc) is 2.39. The minimum absolute atomic E-state index is 0. The Morgan fingerprint density at radius 2 is 2.24 bits per heavy atom. The van der Waals surface area contributed by atoms with Gasteiger partial charge in [0.25, 0.3) is 5.91 Å². The highest BCUT2D eigenvalue weighted by atomic mass is 35.5. The van der Waals surface area contributed by atoms with Gasteiger partial charge >= 0.3 is 0 Å². The quantitative estimate of drug-likeness (QED) is 0.889. The van der Waals surface area contributed by atoms with Crippen LogP contribution >= 0.6 is 24.0 Å². The zero-order valence-electron chi connectivity index (χ0n) is 12.2. The Kier molecular flexibility index (Phi) is 6.44. The van der Waals surface area contributed by atoms with Gasteiger partial charge in [0, 0.05) is 17.6 Å². The van der Waals surface area contributed by atoms with Gasteiger partial charge in [-0.1, -0.05) is 25.4 Å². The predicted molar refractivity (Wildman–Crippen MR) is 85.8 cm³/mol. The number of benzene rings is 1. The van der Waals surface area contributed by atoms with Crippen molar-refractivity contribution in [3.05, 3.63) is 34.6 Å². The first-order valence-electron chi connectivity index (χ1n) is 6.87. The molecule has 1 aromatic rings. The number of amides is 1. The lowest BCUT2D eigenvalue weighted by Crippen LogP contribution is -2.52. The molecule has 1 unspecified atom stereocenters. The Morgan fingerprint density at radius 1 is 1.52 bits per heavy atom. The van der Waals surface area contributed by atoms with Crippen LogP contribution in [-0.2, 0) is 0 Å². The van der Waals surface area contributed by atoms with E-state index in [0.717, 1.165) is 19.4 Å². The molecule has 0 spiro atoms. The molecule has 1 amide bonds. The molecule has 2 rings (SSSR count). The van der Waals surface area contributed by atoms with Crippen molar-refractivity contribution in [1.29, 1.82) is 0 Å². The summed E-state index contributed by atoms with van der Waals surface area (Å²) in [7, 11) is 0. The average molecular weight is 335 g/mol. The molecule has 0 aromatic heterocycles. The number of carbonyl (C=O) groups is 1. The highest BCUT2D eigenvalue weighted by molar-refractivity contribution is 6.31. The summed E-state index contributed by atoms with van der Waals surface area (Å²) in [5.74, 6) is -0.976. The fraction of sp³-hybridized carbons (Fsp3) is 0.533. The zero-order valence-corrected chi connectivity index (χ0v) is 13.8. The summed E-state index contributed by atoms with van der Waals surface area (Å²) in [6.45, 7) is 5.79. The summed E-state index contributed by atoms with van der Waals surface area (Å²) in [5, 5.41) is 6.55. The van der Waals surface area contributed by atoms with E-state index in [4.69, 9.17) is 11.6 Å². The molecule has 21 heavy (non-hydrogen) atoms. The van der Waals surface area contributed by atoms with Gasteiger partial charge in [0.2, 0.25) is 0 Å². The van der Waals surface area contributed by atoms with E-state index >= 15 is 0 Å². The summed E-state index contributed by atoms with van der Waals surface area (Å²) in [5.41, 5.74) is 0.115. The van der Waals surface area contributed by atoms with Crippen molar-refractivity contribution in [3.63, 3.8) is 0 Å². The Balaban J connectivity index is 0.00000220. The summed E-state index contributed by atoms with van der Waals surface area (Å²) in [4.78, 5) is 12.0. The third-order valence-electron chi connectivity index (χ3n) is 3.97. The van der Waals surface area contributed by atoms with Gasteiger partial charge in [0.05, 0.1) is 5.56 Å². The van der Waals surface area contributed by atoms with Gasteiger partial charge in [-0.15, -0.1) is 12.4 Å². The lowest BCUT2D eigenvalue weighted by Gasteiger charge is -2.39. The van der Waals surface area contributed by atoms with E-state index in [2.05, 4.69) is 24.5 Å². The molecular formula is C15H21Cl2FN2O. The van der Waals surface area contributed by atoms with Crippen LogP contribution in [-0.4, -0.2) is 25.0 Å². The molecule has 0 bridgehead atoms. The molecule has 1 fully saturated rings. The number of nitrogens with one attached hydrogen (secondary N) is 2. The molecule has 1 heterocycles. The Bertz CT molecular complexity index is 508. The first-order chi connectivity index (χ1) is 9.40. The number of rotatable bonds is 3. The van der Waals surface area contributed by atoms with Crippen molar-refractivity contribution in [1.82, 2.24) is 10.6 Å². The highest BCUT2D eigenvalue weighted by Crippen LogP contribution is 2.29. The smallest absolute Gasteiger partial charge is 0.254 e. The van der Waals surface area contributed by atoms with Crippen LogP contribution < -0.4 is 10.6 Å². The molecule has 1 atom stereocenters. The SMILES string of the molecule is CC1(C)CCCNC1CNC(=O)c1cc(Cl)ccc1F.Cl. The van der Waals surface area contributed by atoms with E-state index in [9.17, 15) is 9.18 Å². The Labute approximate surface area is 136 Å². The molecule has 1 aliphatic rings. The van der Waals surface area contributed by atoms with Crippen LogP contribution in [0.2, 0.25) is 5.02 Å². The monoisotopic (exact) mass is 334 g/mol. The summed E-state index contributed by atoms with van der Waals surface area (Å²) < 4.78 is 13.6. The highest BCUT2D eigenvalue weighted by Gasteiger charge is 2.32. The van der Waals surface area contributed by atoms with E-state index in [-0.39, 0.29) is 29.4 Å². The molecular weight excluding hydrogens is 314 g/mol. The maximum Gasteiger partial charge on any atom is 0.254 e. The zero-order chi connectivity index (χ0) is 14.8. The van der Waals surface area contributed by atoms with Crippen molar-refractivity contribution in [2.24, 2.45) is 5.41 Å². The normalized spacial score (nSPS) is 20.5. The first-order valence-corrected chi connectivity index (χ1v) is 7.24. The van der Waals surface area contributed by atoms with Crippen molar-refractivity contribution in [3.8, 4) is 0 Å². The molecule has 1 saturated heterocycles. The predicted octanol–water partition coefficient (Wildman–Crippen LogP) is 3.41. The van der Waals surface area contributed by atoms with Gasteiger partial charge in [-0.05, 0) is 43.0 Å². The van der Waals surface area contributed by atoms with Crippen molar-refractivity contribution in [2.45, 2.75) is 32.7 Å². The van der Waals surface area contributed by atoms with Crippen molar-refractivity contribution < 1.29 is 9.18 Å². The van der Waals surface area contributed by atoms with Crippen LogP contribution in [0.4, 0.5) is 4.39 Å². The second-order valence-electron chi connectivity index (χ2n) is 5.93. The fourth-order valence-corrected chi connectivity index (χ4v) is 2.75. The van der Waals surface area contributed by atoms with Crippen LogP contribution in [0.3, 0.4) is 0 Å². The molecule has 1 aromatic carbocycles. The number of hydrogen-bond donors (Lipinski definition) is 2. The van der Waals surface area contributed by atoms with Crippen molar-refractivity contribution >= 4 is 29.9 Å². The van der Waals surface area contributed by atoms with Gasteiger partial charge in [0.15, 0.2) is 0 Å². The maximum atomic E-state index is 13.6. The van der Waals surface area contributed by atoms with Gasteiger partial charge in [-0.2, -0.15) is 0 Å². The van der Waals surface area contributed by atoms with Gasteiger partial charge in [0.1, 0.15) is 5.82 Å². The van der Waals surface area contributed by atoms with Gasteiger partial charge in [-0.3, -0.25) is 4.79 Å². The molecule has 118 valence electrons. The van der Waals surface area contributed by atoms with E-state index in [1.54, 1.807) is 0 Å². The lowest BCUT2D eigenvalue weighted by molar-refractivity contribution is 0.0925. The second kappa shape index (κ2) is 7.43.